The van der Waals surface area contributed by atoms with Crippen molar-refractivity contribution in [3.8, 4) is 11.5 Å². The number of hydrogen-bond acceptors (Lipinski definition) is 7. The number of ether oxygens (including phenoxy) is 2. The van der Waals surface area contributed by atoms with Crippen LogP contribution in [-0.4, -0.2) is 52.2 Å². The number of thiophene rings is 1. The second kappa shape index (κ2) is 9.07. The number of nitrogens with zero attached hydrogens (tertiary/aromatic N) is 3. The van der Waals surface area contributed by atoms with Crippen LogP contribution in [0.25, 0.3) is 0 Å². The Hall–Kier alpha value is -3.66. The zero-order valence-electron chi connectivity index (χ0n) is 17.7. The lowest BCUT2D eigenvalue weighted by atomic mass is 9.93. The summed E-state index contributed by atoms with van der Waals surface area (Å²) in [7, 11) is 0. The van der Waals surface area contributed by atoms with Gasteiger partial charge >= 0.3 is 0 Å². The molecule has 2 aliphatic heterocycles. The van der Waals surface area contributed by atoms with Crippen LogP contribution in [0.5, 0.6) is 11.5 Å². The molecule has 1 saturated heterocycles. The summed E-state index contributed by atoms with van der Waals surface area (Å²) in [5.41, 5.74) is 0.910. The number of hydrogen-bond donors (Lipinski definition) is 1. The number of nitrogens with one attached hydrogen (secondary N) is 1. The molecule has 0 aliphatic carbocycles. The van der Waals surface area contributed by atoms with Crippen molar-refractivity contribution in [1.29, 1.82) is 0 Å². The fourth-order valence-electron chi connectivity index (χ4n) is 4.03. The van der Waals surface area contributed by atoms with Gasteiger partial charge in [-0.05, 0) is 42.5 Å². The van der Waals surface area contributed by atoms with Crippen molar-refractivity contribution in [3.63, 3.8) is 0 Å². The highest BCUT2D eigenvalue weighted by atomic mass is 32.1. The summed E-state index contributed by atoms with van der Waals surface area (Å²) in [5, 5.41) is 8.86. The van der Waals surface area contributed by atoms with E-state index in [1.165, 1.54) is 22.2 Å². The first kappa shape index (κ1) is 21.2. The molecule has 1 fully saturated rings. The van der Waals surface area contributed by atoms with Crippen molar-refractivity contribution in [2.45, 2.75) is 19.4 Å². The first-order valence-electron chi connectivity index (χ1n) is 10.7. The molecule has 1 atom stereocenters. The summed E-state index contributed by atoms with van der Waals surface area (Å²) in [6.45, 7) is 1.23. The van der Waals surface area contributed by atoms with Gasteiger partial charge in [-0.15, -0.1) is 11.3 Å². The van der Waals surface area contributed by atoms with Gasteiger partial charge < -0.3 is 19.7 Å². The van der Waals surface area contributed by atoms with Gasteiger partial charge in [0.2, 0.25) is 12.7 Å². The molecule has 0 spiro atoms. The molecule has 170 valence electrons. The zero-order chi connectivity index (χ0) is 22.8. The molecule has 2 amide bonds. The smallest absolute Gasteiger partial charge is 0.255 e. The summed E-state index contributed by atoms with van der Waals surface area (Å²) >= 11 is 1.43. The van der Waals surface area contributed by atoms with Crippen LogP contribution in [0.15, 0.2) is 48.1 Å². The topological polar surface area (TPSA) is 103 Å². The van der Waals surface area contributed by atoms with Gasteiger partial charge in [-0.1, -0.05) is 6.07 Å². The molecule has 1 N–H and O–H groups in total. The largest absolute Gasteiger partial charge is 0.454 e. The lowest BCUT2D eigenvalue weighted by Gasteiger charge is -2.31. The van der Waals surface area contributed by atoms with Gasteiger partial charge in [0.1, 0.15) is 6.54 Å². The lowest BCUT2D eigenvalue weighted by Crippen LogP contribution is -2.43. The van der Waals surface area contributed by atoms with E-state index in [2.05, 4.69) is 10.4 Å². The Morgan fingerprint density at radius 2 is 2.06 bits per heavy atom. The second-order valence-electron chi connectivity index (χ2n) is 7.97. The number of ketones is 1. The van der Waals surface area contributed by atoms with Gasteiger partial charge in [0.25, 0.3) is 5.91 Å². The number of benzene rings is 1. The second-order valence-corrected chi connectivity index (χ2v) is 8.92. The molecule has 3 aromatic rings. The number of fused-ring (bicyclic) bond motifs is 1. The predicted molar refractivity (Wildman–Crippen MR) is 121 cm³/mol. The van der Waals surface area contributed by atoms with E-state index in [1.54, 1.807) is 29.3 Å². The summed E-state index contributed by atoms with van der Waals surface area (Å²) < 4.78 is 12.1. The van der Waals surface area contributed by atoms with Gasteiger partial charge in [0, 0.05) is 30.8 Å². The number of piperidine rings is 1. The minimum atomic E-state index is -0.315. The van der Waals surface area contributed by atoms with Crippen molar-refractivity contribution >= 4 is 34.6 Å². The normalized spacial score (nSPS) is 17.1. The summed E-state index contributed by atoms with van der Waals surface area (Å²) in [5.74, 6) is 0.655. The molecule has 0 radical (unpaired) electrons. The van der Waals surface area contributed by atoms with Gasteiger partial charge in [-0.25, -0.2) is 0 Å². The number of aromatic nitrogens is 2. The number of rotatable bonds is 6. The first-order valence-corrected chi connectivity index (χ1v) is 11.5. The Labute approximate surface area is 193 Å². The predicted octanol–water partition coefficient (Wildman–Crippen LogP) is 3.05. The molecule has 1 aromatic carbocycles. The molecule has 9 nitrogen and oxygen atoms in total. The van der Waals surface area contributed by atoms with Crippen LogP contribution in [0, 0.1) is 5.92 Å². The summed E-state index contributed by atoms with van der Waals surface area (Å²) in [6.07, 6.45) is 4.69. The third kappa shape index (κ3) is 4.61. The fraction of sp³-hybridized carbons (Fsp3) is 0.304. The Balaban J connectivity index is 1.17. The highest BCUT2D eigenvalue weighted by molar-refractivity contribution is 7.12. The van der Waals surface area contributed by atoms with E-state index in [0.717, 1.165) is 17.7 Å². The molecule has 0 saturated carbocycles. The molecule has 2 aromatic heterocycles. The number of carbonyl (C=O) groups excluding carboxylic acids is 3. The molecule has 33 heavy (non-hydrogen) atoms. The lowest BCUT2D eigenvalue weighted by molar-refractivity contribution is -0.133. The molecular formula is C23H22N4O5S. The Bertz CT molecular complexity index is 1190. The molecule has 2 aliphatic rings. The maximum Gasteiger partial charge on any atom is 0.255 e. The third-order valence-electron chi connectivity index (χ3n) is 5.73. The minimum absolute atomic E-state index is 0.0415. The van der Waals surface area contributed by atoms with E-state index in [4.69, 9.17) is 9.47 Å². The molecule has 0 bridgehead atoms. The van der Waals surface area contributed by atoms with E-state index in [0.29, 0.717) is 35.8 Å². The number of likely N-dealkylation sites (tertiary alicyclic amines) is 1. The fourth-order valence-corrected chi connectivity index (χ4v) is 4.78. The maximum atomic E-state index is 12.8. The molecule has 10 heteroatoms. The molecule has 5 rings (SSSR count). The van der Waals surface area contributed by atoms with Crippen LogP contribution in [-0.2, 0) is 11.3 Å². The third-order valence-corrected chi connectivity index (χ3v) is 6.62. The van der Waals surface area contributed by atoms with Crippen LogP contribution >= 0.6 is 11.3 Å². The van der Waals surface area contributed by atoms with Crippen molar-refractivity contribution in [2.75, 3.05) is 25.2 Å². The number of amides is 2. The summed E-state index contributed by atoms with van der Waals surface area (Å²) in [6, 6.07) is 8.66. The average Bonchev–Trinajstić information content (AvgIpc) is 3.60. The van der Waals surface area contributed by atoms with E-state index >= 15 is 0 Å². The van der Waals surface area contributed by atoms with Crippen molar-refractivity contribution in [2.24, 2.45) is 5.92 Å². The van der Waals surface area contributed by atoms with Gasteiger partial charge in [0.05, 0.1) is 16.8 Å². The standard InChI is InChI=1S/C23H22N4O5S/c28-21(26-7-1-3-16(11-26)22(29)20-4-2-8-33-20)13-27-12-17(10-24-27)25-23(30)15-5-6-18-19(9-15)32-14-31-18/h2,4-6,8-10,12,16H,1,3,7,11,13-14H2,(H,25,30)/t16-/m0/s1. The Kier molecular flexibility index (Phi) is 5.82. The first-order chi connectivity index (χ1) is 16.1. The summed E-state index contributed by atoms with van der Waals surface area (Å²) in [4.78, 5) is 40.5. The van der Waals surface area contributed by atoms with Crippen LogP contribution in [0.4, 0.5) is 5.69 Å². The van der Waals surface area contributed by atoms with Crippen LogP contribution in [0.1, 0.15) is 32.9 Å². The van der Waals surface area contributed by atoms with Crippen LogP contribution in [0.2, 0.25) is 0 Å². The quantitative estimate of drug-likeness (QED) is 0.560. The SMILES string of the molecule is O=C(Nc1cnn(CC(=O)N2CCC[C@H](C(=O)c3cccs3)C2)c1)c1ccc2c(c1)OCO2. The van der Waals surface area contributed by atoms with Crippen molar-refractivity contribution < 1.29 is 23.9 Å². The van der Waals surface area contributed by atoms with Crippen molar-refractivity contribution in [1.82, 2.24) is 14.7 Å². The number of anilines is 1. The molecular weight excluding hydrogens is 444 g/mol. The highest BCUT2D eigenvalue weighted by Crippen LogP contribution is 2.32. The molecule has 4 heterocycles. The minimum Gasteiger partial charge on any atom is -0.454 e. The van der Waals surface area contributed by atoms with E-state index in [9.17, 15) is 14.4 Å². The maximum absolute atomic E-state index is 12.8. The number of Topliss-reactive ketones (excluding diaryl/α,β-unsaturated/α-hetero) is 1. The van der Waals surface area contributed by atoms with E-state index in [1.807, 2.05) is 17.5 Å². The molecule has 0 unspecified atom stereocenters. The highest BCUT2D eigenvalue weighted by Gasteiger charge is 2.29. The van der Waals surface area contributed by atoms with Crippen LogP contribution in [0.3, 0.4) is 0 Å². The van der Waals surface area contributed by atoms with Crippen molar-refractivity contribution in [3.05, 3.63) is 58.5 Å². The Morgan fingerprint density at radius 1 is 1.18 bits per heavy atom. The van der Waals surface area contributed by atoms with Gasteiger partial charge in [-0.2, -0.15) is 5.10 Å². The van der Waals surface area contributed by atoms with E-state index in [-0.39, 0.29) is 36.9 Å². The number of carbonyl (C=O) groups is 3. The van der Waals surface area contributed by atoms with E-state index < -0.39 is 0 Å². The monoisotopic (exact) mass is 466 g/mol. The Morgan fingerprint density at radius 3 is 2.91 bits per heavy atom. The van der Waals surface area contributed by atoms with Gasteiger partial charge in [-0.3, -0.25) is 19.1 Å². The van der Waals surface area contributed by atoms with Crippen LogP contribution < -0.4 is 14.8 Å². The van der Waals surface area contributed by atoms with Gasteiger partial charge in [0.15, 0.2) is 17.3 Å². The average molecular weight is 467 g/mol. The zero-order valence-corrected chi connectivity index (χ0v) is 18.5.